The number of hydrogen-bond donors (Lipinski definition) is 1. The van der Waals surface area contributed by atoms with Crippen molar-refractivity contribution in [2.24, 2.45) is 5.73 Å². The monoisotopic (exact) mass is 255 g/mol. The molecule has 1 atom stereocenters. The topological polar surface area (TPSA) is 85.9 Å². The first-order valence-corrected chi connectivity index (χ1v) is 7.56. The zero-order valence-electron chi connectivity index (χ0n) is 9.67. The highest BCUT2D eigenvalue weighted by Gasteiger charge is 2.40. The van der Waals surface area contributed by atoms with Crippen LogP contribution in [0.3, 0.4) is 0 Å². The van der Waals surface area contributed by atoms with Crippen molar-refractivity contribution < 1.29 is 8.42 Å². The number of aromatic nitrogens is 2. The molecule has 1 fully saturated rings. The first kappa shape index (κ1) is 12.4. The molecule has 6 heteroatoms. The minimum atomic E-state index is -2.97. The normalized spacial score (nSPS) is 27.8. The van der Waals surface area contributed by atoms with Crippen LogP contribution in [0.15, 0.2) is 18.7 Å². The van der Waals surface area contributed by atoms with E-state index in [0.717, 1.165) is 12.0 Å². The first-order valence-electron chi connectivity index (χ1n) is 5.74. The molecular formula is C11H17N3O2S. The van der Waals surface area contributed by atoms with E-state index in [2.05, 4.69) is 9.97 Å². The maximum Gasteiger partial charge on any atom is 0.151 e. The van der Waals surface area contributed by atoms with Crippen molar-refractivity contribution in [3.05, 3.63) is 24.3 Å². The van der Waals surface area contributed by atoms with Gasteiger partial charge in [0.05, 0.1) is 11.5 Å². The van der Waals surface area contributed by atoms with E-state index in [1.165, 1.54) is 6.33 Å². The van der Waals surface area contributed by atoms with Gasteiger partial charge in [-0.25, -0.2) is 18.4 Å². The van der Waals surface area contributed by atoms with Gasteiger partial charge >= 0.3 is 0 Å². The van der Waals surface area contributed by atoms with E-state index in [-0.39, 0.29) is 16.9 Å². The zero-order chi connectivity index (χ0) is 12.4. The lowest BCUT2D eigenvalue weighted by Crippen LogP contribution is -2.41. The lowest BCUT2D eigenvalue weighted by Gasteiger charge is -2.36. The lowest BCUT2D eigenvalue weighted by molar-refractivity contribution is 0.384. The smallest absolute Gasteiger partial charge is 0.151 e. The van der Waals surface area contributed by atoms with Gasteiger partial charge in [0.25, 0.3) is 0 Å². The van der Waals surface area contributed by atoms with Crippen LogP contribution in [0.4, 0.5) is 0 Å². The molecule has 5 nitrogen and oxygen atoms in total. The van der Waals surface area contributed by atoms with E-state index in [1.807, 2.05) is 0 Å². The molecule has 1 saturated heterocycles. The predicted octanol–water partition coefficient (Wildman–Crippen LogP) is 0.272. The maximum atomic E-state index is 11.8. The van der Waals surface area contributed by atoms with Gasteiger partial charge in [0.2, 0.25) is 0 Å². The highest BCUT2D eigenvalue weighted by Crippen LogP contribution is 2.37. The molecule has 0 aromatic carbocycles. The molecule has 0 saturated carbocycles. The highest BCUT2D eigenvalue weighted by molar-refractivity contribution is 7.91. The van der Waals surface area contributed by atoms with Crippen LogP contribution in [0.25, 0.3) is 0 Å². The Morgan fingerprint density at radius 2 is 2.06 bits per heavy atom. The van der Waals surface area contributed by atoms with Gasteiger partial charge in [0, 0.05) is 17.8 Å². The maximum absolute atomic E-state index is 11.8. The van der Waals surface area contributed by atoms with Gasteiger partial charge < -0.3 is 5.73 Å². The van der Waals surface area contributed by atoms with Gasteiger partial charge in [-0.15, -0.1) is 0 Å². The Bertz CT molecular complexity index is 471. The third kappa shape index (κ3) is 2.63. The average Bonchev–Trinajstić information content (AvgIpc) is 2.29. The highest BCUT2D eigenvalue weighted by atomic mass is 32.2. The minimum absolute atomic E-state index is 0.171. The van der Waals surface area contributed by atoms with Crippen molar-refractivity contribution in [1.29, 1.82) is 0 Å². The van der Waals surface area contributed by atoms with Gasteiger partial charge in [-0.05, 0) is 31.4 Å². The second-order valence-electron chi connectivity index (χ2n) is 4.64. The molecule has 1 aliphatic heterocycles. The van der Waals surface area contributed by atoms with Crippen molar-refractivity contribution in [3.63, 3.8) is 0 Å². The Kier molecular flexibility index (Phi) is 3.44. The van der Waals surface area contributed by atoms with E-state index in [4.69, 9.17) is 5.73 Å². The molecule has 2 heterocycles. The summed E-state index contributed by atoms with van der Waals surface area (Å²) in [7, 11) is -2.97. The largest absolute Gasteiger partial charge is 0.330 e. The Labute approximate surface area is 101 Å². The molecule has 1 aromatic heterocycles. The Morgan fingerprint density at radius 1 is 1.35 bits per heavy atom. The molecule has 0 aliphatic carbocycles. The van der Waals surface area contributed by atoms with E-state index >= 15 is 0 Å². The van der Waals surface area contributed by atoms with Gasteiger partial charge in [-0.1, -0.05) is 0 Å². The molecule has 0 spiro atoms. The van der Waals surface area contributed by atoms with Crippen LogP contribution in [0, 0.1) is 0 Å². The molecule has 1 aliphatic rings. The van der Waals surface area contributed by atoms with Gasteiger partial charge in [0.15, 0.2) is 9.84 Å². The minimum Gasteiger partial charge on any atom is -0.330 e. The molecule has 17 heavy (non-hydrogen) atoms. The number of nitrogens with two attached hydrogens (primary N) is 1. The Morgan fingerprint density at radius 3 is 2.65 bits per heavy atom. The van der Waals surface area contributed by atoms with E-state index in [9.17, 15) is 8.42 Å². The summed E-state index contributed by atoms with van der Waals surface area (Å²) in [5.41, 5.74) is 6.15. The molecule has 0 bridgehead atoms. The molecular weight excluding hydrogens is 238 g/mol. The number of sulfone groups is 1. The van der Waals surface area contributed by atoms with E-state index in [0.29, 0.717) is 19.4 Å². The summed E-state index contributed by atoms with van der Waals surface area (Å²) in [6, 6.07) is 0. The van der Waals surface area contributed by atoms with Crippen LogP contribution in [0.1, 0.15) is 24.8 Å². The van der Waals surface area contributed by atoms with E-state index < -0.39 is 9.84 Å². The van der Waals surface area contributed by atoms with Crippen LogP contribution in [0.5, 0.6) is 0 Å². The number of rotatable bonds is 3. The lowest BCUT2D eigenvalue weighted by atomic mass is 9.76. The average molecular weight is 255 g/mol. The third-order valence-electron chi connectivity index (χ3n) is 3.40. The molecule has 0 amide bonds. The summed E-state index contributed by atoms with van der Waals surface area (Å²) >= 11 is 0. The summed E-state index contributed by atoms with van der Waals surface area (Å²) in [5.74, 6) is 0.456. The fourth-order valence-corrected chi connectivity index (χ4v) is 4.64. The molecule has 2 rings (SSSR count). The third-order valence-corrected chi connectivity index (χ3v) is 5.31. The fraction of sp³-hybridized carbons (Fsp3) is 0.636. The van der Waals surface area contributed by atoms with Crippen LogP contribution in [0.2, 0.25) is 0 Å². The van der Waals surface area contributed by atoms with Crippen molar-refractivity contribution in [2.75, 3.05) is 18.1 Å². The van der Waals surface area contributed by atoms with Crippen molar-refractivity contribution in [2.45, 2.75) is 24.7 Å². The van der Waals surface area contributed by atoms with Crippen LogP contribution in [-0.2, 0) is 15.3 Å². The summed E-state index contributed by atoms with van der Waals surface area (Å²) in [4.78, 5) is 7.98. The SMILES string of the molecule is NCCC1(c2cncnc2)CCCS(=O)(=O)C1. The van der Waals surface area contributed by atoms with Gasteiger partial charge in [0.1, 0.15) is 6.33 Å². The number of nitrogens with zero attached hydrogens (tertiary/aromatic N) is 2. The van der Waals surface area contributed by atoms with Gasteiger partial charge in [-0.3, -0.25) is 0 Å². The van der Waals surface area contributed by atoms with E-state index in [1.54, 1.807) is 12.4 Å². The zero-order valence-corrected chi connectivity index (χ0v) is 10.5. The molecule has 1 unspecified atom stereocenters. The first-order chi connectivity index (χ1) is 8.08. The second kappa shape index (κ2) is 4.70. The predicted molar refractivity (Wildman–Crippen MR) is 65.3 cm³/mol. The van der Waals surface area contributed by atoms with Gasteiger partial charge in [-0.2, -0.15) is 0 Å². The summed E-state index contributed by atoms with van der Waals surface area (Å²) in [5, 5.41) is 0. The Balaban J connectivity index is 2.39. The molecule has 1 aromatic rings. The van der Waals surface area contributed by atoms with Crippen LogP contribution >= 0.6 is 0 Å². The summed E-state index contributed by atoms with van der Waals surface area (Å²) < 4.78 is 23.7. The second-order valence-corrected chi connectivity index (χ2v) is 6.83. The van der Waals surface area contributed by atoms with Crippen molar-refractivity contribution in [3.8, 4) is 0 Å². The van der Waals surface area contributed by atoms with Crippen molar-refractivity contribution in [1.82, 2.24) is 9.97 Å². The quantitative estimate of drug-likeness (QED) is 0.838. The Hall–Kier alpha value is -1.01. The molecule has 94 valence electrons. The summed E-state index contributed by atoms with van der Waals surface area (Å²) in [6.07, 6.45) is 7.08. The fourth-order valence-electron chi connectivity index (χ4n) is 2.61. The van der Waals surface area contributed by atoms with Crippen LogP contribution < -0.4 is 5.73 Å². The standard InChI is InChI=1S/C11H17N3O2S/c12-4-3-11(10-6-13-9-14-7-10)2-1-5-17(15,16)8-11/h6-7,9H,1-5,8,12H2. The molecule has 0 radical (unpaired) electrons. The van der Waals surface area contributed by atoms with Crippen molar-refractivity contribution >= 4 is 9.84 Å². The summed E-state index contributed by atoms with van der Waals surface area (Å²) in [6.45, 7) is 0.477. The number of hydrogen-bond acceptors (Lipinski definition) is 5. The van der Waals surface area contributed by atoms with Crippen LogP contribution in [-0.4, -0.2) is 36.4 Å². The molecule has 2 N–H and O–H groups in total.